The van der Waals surface area contributed by atoms with E-state index in [0.717, 1.165) is 0 Å². The molecule has 1 heterocycles. The summed E-state index contributed by atoms with van der Waals surface area (Å²) in [5.74, 6) is -5.08. The van der Waals surface area contributed by atoms with E-state index in [1.54, 1.807) is 0 Å². The highest BCUT2D eigenvalue weighted by molar-refractivity contribution is 5.08. The van der Waals surface area contributed by atoms with Gasteiger partial charge in [-0.1, -0.05) is 0 Å². The highest BCUT2D eigenvalue weighted by Gasteiger charge is 2.63. The van der Waals surface area contributed by atoms with Gasteiger partial charge in [0.2, 0.25) is 0 Å². The third-order valence-electron chi connectivity index (χ3n) is 5.93. The monoisotopic (exact) mass is 400 g/mol. The van der Waals surface area contributed by atoms with E-state index in [2.05, 4.69) is 5.32 Å². The van der Waals surface area contributed by atoms with Crippen molar-refractivity contribution in [3.63, 3.8) is 0 Å². The van der Waals surface area contributed by atoms with Gasteiger partial charge in [-0.2, -0.15) is 0 Å². The van der Waals surface area contributed by atoms with Gasteiger partial charge in [-0.3, -0.25) is 0 Å². The van der Waals surface area contributed by atoms with E-state index in [-0.39, 0.29) is 51.1 Å². The predicted molar refractivity (Wildman–Crippen MR) is 93.9 cm³/mol. The summed E-state index contributed by atoms with van der Waals surface area (Å²) in [6, 6.07) is -1.38. The van der Waals surface area contributed by atoms with Gasteiger partial charge in [0.05, 0.1) is 18.2 Å². The molecule has 0 amide bonds. The molecule has 2 fully saturated rings. The van der Waals surface area contributed by atoms with E-state index in [9.17, 15) is 13.9 Å². The Labute approximate surface area is 157 Å². The van der Waals surface area contributed by atoms with E-state index in [0.29, 0.717) is 6.42 Å². The second kappa shape index (κ2) is 9.32. The molecule has 0 bridgehead atoms. The van der Waals surface area contributed by atoms with Crippen LogP contribution in [0.3, 0.4) is 0 Å². The van der Waals surface area contributed by atoms with E-state index in [4.69, 9.17) is 21.9 Å². The van der Waals surface area contributed by atoms with Crippen LogP contribution in [0.25, 0.3) is 0 Å². The van der Waals surface area contributed by atoms with Crippen LogP contribution in [0.15, 0.2) is 0 Å². The van der Waals surface area contributed by atoms with Crippen molar-refractivity contribution >= 4 is 0 Å². The number of hydrogen-bond acceptors (Lipinski definition) is 6. The molecule has 0 aromatic heterocycles. The lowest BCUT2D eigenvalue weighted by Gasteiger charge is -2.48. The van der Waals surface area contributed by atoms with Crippen molar-refractivity contribution in [1.29, 1.82) is 0 Å². The molecule has 6 unspecified atom stereocenters. The van der Waals surface area contributed by atoms with Gasteiger partial charge in [-0.15, -0.1) is 0 Å². The van der Waals surface area contributed by atoms with Gasteiger partial charge in [0, 0.05) is 38.5 Å². The molecule has 8 N–H and O–H groups in total. The Hall–Kier alpha value is -0.520. The minimum atomic E-state index is -3.67. The van der Waals surface area contributed by atoms with Crippen LogP contribution in [0.2, 0.25) is 0 Å². The van der Waals surface area contributed by atoms with Crippen LogP contribution in [0.1, 0.15) is 32.1 Å². The number of halogens is 4. The molecule has 10 heteroatoms. The van der Waals surface area contributed by atoms with Gasteiger partial charge in [-0.05, 0) is 25.7 Å². The van der Waals surface area contributed by atoms with Crippen molar-refractivity contribution in [3.05, 3.63) is 0 Å². The van der Waals surface area contributed by atoms with Crippen molar-refractivity contribution in [3.8, 4) is 0 Å². The lowest BCUT2D eigenvalue weighted by atomic mass is 9.69. The topological polar surface area (TPSA) is 120 Å². The Morgan fingerprint density at radius 3 is 2.22 bits per heavy atom. The predicted octanol–water partition coefficient (Wildman–Crippen LogP) is 0.211. The molecular weight excluding hydrogens is 368 g/mol. The number of alkyl halides is 4. The minimum absolute atomic E-state index is 0.0112. The first-order chi connectivity index (χ1) is 12.7. The molecule has 0 radical (unpaired) electrons. The van der Waals surface area contributed by atoms with Crippen molar-refractivity contribution in [2.45, 2.75) is 74.2 Å². The maximum atomic E-state index is 15.2. The van der Waals surface area contributed by atoms with Gasteiger partial charge < -0.3 is 32.4 Å². The number of piperidine rings is 1. The summed E-state index contributed by atoms with van der Waals surface area (Å²) in [6.45, 7) is -0.209. The average Bonchev–Trinajstić information content (AvgIpc) is 2.65. The van der Waals surface area contributed by atoms with Crippen LogP contribution < -0.4 is 22.5 Å². The molecule has 2 rings (SSSR count). The molecule has 0 aromatic carbocycles. The molecule has 2 aliphatic rings. The fourth-order valence-electron chi connectivity index (χ4n) is 4.18. The summed E-state index contributed by atoms with van der Waals surface area (Å²) in [6.07, 6.45) is -4.29. The summed E-state index contributed by atoms with van der Waals surface area (Å²) in [7, 11) is 0. The van der Waals surface area contributed by atoms with Crippen molar-refractivity contribution in [2.75, 3.05) is 26.2 Å². The fraction of sp³-hybridized carbons (Fsp3) is 1.00. The first-order valence-corrected chi connectivity index (χ1v) is 9.56. The molecule has 160 valence electrons. The van der Waals surface area contributed by atoms with Crippen molar-refractivity contribution < 1.29 is 27.4 Å². The van der Waals surface area contributed by atoms with E-state index >= 15 is 8.78 Å². The summed E-state index contributed by atoms with van der Waals surface area (Å²) >= 11 is 0. The zero-order valence-electron chi connectivity index (χ0n) is 15.4. The SMILES string of the molecule is NCC(CN)OC1CCC(C(F)(F)C(O)(CN)C2CCC(F)CC2F)NC1. The molecule has 6 atom stereocenters. The normalized spacial score (nSPS) is 35.2. The Kier molecular flexibility index (Phi) is 7.86. The lowest BCUT2D eigenvalue weighted by Crippen LogP contribution is -2.69. The third-order valence-corrected chi connectivity index (χ3v) is 5.93. The summed E-state index contributed by atoms with van der Waals surface area (Å²) in [4.78, 5) is 0. The molecule has 1 saturated carbocycles. The summed E-state index contributed by atoms with van der Waals surface area (Å²) in [5.41, 5.74) is 13.8. The van der Waals surface area contributed by atoms with E-state index in [1.165, 1.54) is 0 Å². The molecule has 1 aliphatic carbocycles. The van der Waals surface area contributed by atoms with Crippen LogP contribution in [-0.4, -0.2) is 73.4 Å². The van der Waals surface area contributed by atoms with Crippen molar-refractivity contribution in [1.82, 2.24) is 5.32 Å². The summed E-state index contributed by atoms with van der Waals surface area (Å²) < 4.78 is 63.7. The highest BCUT2D eigenvalue weighted by Crippen LogP contribution is 2.46. The zero-order valence-corrected chi connectivity index (χ0v) is 15.4. The van der Waals surface area contributed by atoms with Crippen LogP contribution in [0.4, 0.5) is 17.6 Å². The van der Waals surface area contributed by atoms with Gasteiger partial charge >= 0.3 is 0 Å². The quantitative estimate of drug-likeness (QED) is 0.372. The van der Waals surface area contributed by atoms with Gasteiger partial charge in [0.1, 0.15) is 17.9 Å². The minimum Gasteiger partial charge on any atom is -0.382 e. The van der Waals surface area contributed by atoms with Crippen molar-refractivity contribution in [2.24, 2.45) is 23.1 Å². The van der Waals surface area contributed by atoms with Crippen LogP contribution in [0, 0.1) is 5.92 Å². The third kappa shape index (κ3) is 4.73. The van der Waals surface area contributed by atoms with Gasteiger partial charge in [-0.25, -0.2) is 17.6 Å². The van der Waals surface area contributed by atoms with Crippen LogP contribution in [-0.2, 0) is 4.74 Å². The molecule has 6 nitrogen and oxygen atoms in total. The Morgan fingerprint density at radius 2 is 1.74 bits per heavy atom. The number of ether oxygens (including phenoxy) is 1. The molecule has 0 spiro atoms. The fourth-order valence-corrected chi connectivity index (χ4v) is 4.18. The molecule has 1 saturated heterocycles. The smallest absolute Gasteiger partial charge is 0.292 e. The van der Waals surface area contributed by atoms with E-state index in [1.807, 2.05) is 0 Å². The van der Waals surface area contributed by atoms with Crippen LogP contribution >= 0.6 is 0 Å². The summed E-state index contributed by atoms with van der Waals surface area (Å²) in [5, 5.41) is 13.4. The second-order valence-corrected chi connectivity index (χ2v) is 7.67. The first kappa shape index (κ1) is 22.8. The Morgan fingerprint density at radius 1 is 1.07 bits per heavy atom. The average molecular weight is 400 g/mol. The molecular formula is C17H32F4N4O2. The number of nitrogens with two attached hydrogens (primary N) is 3. The Bertz CT molecular complexity index is 464. The number of hydrogen-bond donors (Lipinski definition) is 5. The number of rotatable bonds is 8. The number of nitrogens with one attached hydrogen (secondary N) is 1. The van der Waals surface area contributed by atoms with Gasteiger partial charge in [0.15, 0.2) is 0 Å². The van der Waals surface area contributed by atoms with Gasteiger partial charge in [0.25, 0.3) is 5.92 Å². The number of aliphatic hydroxyl groups is 1. The maximum Gasteiger partial charge on any atom is 0.292 e. The molecule has 0 aromatic rings. The molecule has 1 aliphatic heterocycles. The van der Waals surface area contributed by atoms with E-state index < -0.39 is 48.8 Å². The second-order valence-electron chi connectivity index (χ2n) is 7.67. The first-order valence-electron chi connectivity index (χ1n) is 9.56. The highest BCUT2D eigenvalue weighted by atomic mass is 19.3. The molecule has 27 heavy (non-hydrogen) atoms. The zero-order chi connectivity index (χ0) is 20.2. The Balaban J connectivity index is 2.05. The largest absolute Gasteiger partial charge is 0.382 e. The lowest BCUT2D eigenvalue weighted by molar-refractivity contribution is -0.237. The standard InChI is InChI=1S/C17H32F4N4O2/c18-10-1-3-13(14(19)5-10)16(26,9-24)17(20,21)15-4-2-11(8-25-15)27-12(6-22)7-23/h10-15,25-26H,1-9,22-24H2. The maximum absolute atomic E-state index is 15.2. The van der Waals surface area contributed by atoms with Crippen LogP contribution in [0.5, 0.6) is 0 Å².